The van der Waals surface area contributed by atoms with E-state index in [-0.39, 0.29) is 12.5 Å². The van der Waals surface area contributed by atoms with E-state index in [1.807, 2.05) is 44.2 Å². The van der Waals surface area contributed by atoms with Crippen LogP contribution in [0.4, 0.5) is 4.79 Å². The second-order valence-corrected chi connectivity index (χ2v) is 7.24. The number of benzene rings is 1. The molecular weight excluding hydrogens is 358 g/mol. The lowest BCUT2D eigenvalue weighted by molar-refractivity contribution is -0.129. The highest BCUT2D eigenvalue weighted by molar-refractivity contribution is 5.90. The van der Waals surface area contributed by atoms with Gasteiger partial charge in [-0.3, -0.25) is 9.59 Å². The zero-order valence-corrected chi connectivity index (χ0v) is 17.1. The Balaban J connectivity index is 2.58. The Morgan fingerprint density at radius 2 is 1.71 bits per heavy atom. The van der Waals surface area contributed by atoms with Gasteiger partial charge in [0.25, 0.3) is 0 Å². The molecule has 0 bridgehead atoms. The predicted molar refractivity (Wildman–Crippen MR) is 108 cm³/mol. The summed E-state index contributed by atoms with van der Waals surface area (Å²) < 4.78 is 5.18. The van der Waals surface area contributed by atoms with E-state index in [2.05, 4.69) is 17.6 Å². The standard InChI is InChI=1S/C21H33N3O4/c1-4-5-6-10-13-17(19(22)25)23-20(26)18(15(2)3)24-21(27)28-14-16-11-8-7-9-12-16/h7-9,11-12,15,17-18H,4-6,10,13-14H2,1-3H3,(H2,22,25)(H,23,26)(H,24,27)/t17-,18+/m1/s1. The van der Waals surface area contributed by atoms with Gasteiger partial charge in [0.05, 0.1) is 0 Å². The minimum Gasteiger partial charge on any atom is -0.445 e. The molecule has 0 aromatic heterocycles. The van der Waals surface area contributed by atoms with E-state index in [9.17, 15) is 14.4 Å². The van der Waals surface area contributed by atoms with E-state index in [4.69, 9.17) is 10.5 Å². The maximum absolute atomic E-state index is 12.6. The third-order valence-electron chi connectivity index (χ3n) is 4.44. The van der Waals surface area contributed by atoms with Crippen LogP contribution in [-0.4, -0.2) is 30.0 Å². The number of carbonyl (C=O) groups is 3. The monoisotopic (exact) mass is 391 g/mol. The number of unbranched alkanes of at least 4 members (excludes halogenated alkanes) is 3. The fraction of sp³-hybridized carbons (Fsp3) is 0.571. The molecular formula is C21H33N3O4. The molecule has 0 spiro atoms. The Hall–Kier alpha value is -2.57. The summed E-state index contributed by atoms with van der Waals surface area (Å²) in [5, 5.41) is 5.25. The third kappa shape index (κ3) is 8.88. The van der Waals surface area contributed by atoms with Crippen LogP contribution in [0.3, 0.4) is 0 Å². The van der Waals surface area contributed by atoms with Crippen molar-refractivity contribution in [3.8, 4) is 0 Å². The van der Waals surface area contributed by atoms with E-state index in [0.717, 1.165) is 31.2 Å². The van der Waals surface area contributed by atoms with Crippen molar-refractivity contribution in [1.82, 2.24) is 10.6 Å². The van der Waals surface area contributed by atoms with Crippen molar-refractivity contribution in [1.29, 1.82) is 0 Å². The number of hydrogen-bond donors (Lipinski definition) is 3. The first-order valence-electron chi connectivity index (χ1n) is 9.92. The number of hydrogen-bond acceptors (Lipinski definition) is 4. The molecule has 0 aliphatic carbocycles. The van der Waals surface area contributed by atoms with Gasteiger partial charge in [0.15, 0.2) is 0 Å². The normalized spacial score (nSPS) is 12.9. The van der Waals surface area contributed by atoms with E-state index in [0.29, 0.717) is 6.42 Å². The fourth-order valence-electron chi connectivity index (χ4n) is 2.75. The largest absolute Gasteiger partial charge is 0.445 e. The number of amides is 3. The van der Waals surface area contributed by atoms with Crippen LogP contribution >= 0.6 is 0 Å². The van der Waals surface area contributed by atoms with Crippen LogP contribution in [0.25, 0.3) is 0 Å². The van der Waals surface area contributed by atoms with Crippen molar-refractivity contribution in [3.63, 3.8) is 0 Å². The smallest absolute Gasteiger partial charge is 0.408 e. The molecule has 0 aliphatic rings. The van der Waals surface area contributed by atoms with Gasteiger partial charge in [0, 0.05) is 0 Å². The van der Waals surface area contributed by atoms with E-state index >= 15 is 0 Å². The van der Waals surface area contributed by atoms with Crippen molar-refractivity contribution >= 4 is 17.9 Å². The topological polar surface area (TPSA) is 111 Å². The van der Waals surface area contributed by atoms with E-state index in [1.54, 1.807) is 0 Å². The number of primary amides is 1. The summed E-state index contributed by atoms with van der Waals surface area (Å²) in [6.07, 6.45) is 3.75. The van der Waals surface area contributed by atoms with Crippen LogP contribution in [0.15, 0.2) is 30.3 Å². The molecule has 156 valence electrons. The summed E-state index contributed by atoms with van der Waals surface area (Å²) in [6.45, 7) is 5.83. The maximum atomic E-state index is 12.6. The fourth-order valence-corrected chi connectivity index (χ4v) is 2.75. The number of alkyl carbamates (subject to hydrolysis) is 1. The molecule has 1 aromatic rings. The molecule has 1 rings (SSSR count). The van der Waals surface area contributed by atoms with Crippen molar-refractivity contribution in [2.75, 3.05) is 0 Å². The minimum absolute atomic E-state index is 0.112. The molecule has 28 heavy (non-hydrogen) atoms. The van der Waals surface area contributed by atoms with Crippen LogP contribution < -0.4 is 16.4 Å². The van der Waals surface area contributed by atoms with Gasteiger partial charge in [0.1, 0.15) is 18.7 Å². The van der Waals surface area contributed by atoms with Gasteiger partial charge in [-0.1, -0.05) is 76.8 Å². The Bertz CT molecular complexity index is 619. The molecule has 0 saturated carbocycles. The lowest BCUT2D eigenvalue weighted by Crippen LogP contribution is -2.54. The molecule has 3 amide bonds. The maximum Gasteiger partial charge on any atom is 0.408 e. The first kappa shape index (κ1) is 23.5. The van der Waals surface area contributed by atoms with Crippen LogP contribution in [0.1, 0.15) is 58.4 Å². The van der Waals surface area contributed by atoms with Gasteiger partial charge < -0.3 is 21.1 Å². The SMILES string of the molecule is CCCCCC[C@@H](NC(=O)[C@@H](NC(=O)OCc1ccccc1)C(C)C)C(N)=O. The Morgan fingerprint density at radius 1 is 1.04 bits per heavy atom. The lowest BCUT2D eigenvalue weighted by atomic mass is 10.0. The van der Waals surface area contributed by atoms with Gasteiger partial charge >= 0.3 is 6.09 Å². The Kier molecular flexibility index (Phi) is 10.7. The first-order valence-corrected chi connectivity index (χ1v) is 9.92. The molecule has 0 saturated heterocycles. The molecule has 0 fully saturated rings. The lowest BCUT2D eigenvalue weighted by Gasteiger charge is -2.24. The van der Waals surface area contributed by atoms with Crippen LogP contribution in [-0.2, 0) is 20.9 Å². The van der Waals surface area contributed by atoms with E-state index in [1.165, 1.54) is 0 Å². The summed E-state index contributed by atoms with van der Waals surface area (Å²) in [4.78, 5) is 36.4. The molecule has 0 radical (unpaired) electrons. The van der Waals surface area contributed by atoms with Crippen LogP contribution in [0, 0.1) is 5.92 Å². The first-order chi connectivity index (χ1) is 13.3. The average Bonchev–Trinajstić information content (AvgIpc) is 2.67. The molecule has 4 N–H and O–H groups in total. The summed E-state index contributed by atoms with van der Waals surface area (Å²) in [6, 6.07) is 7.71. The second kappa shape index (κ2) is 12.8. The molecule has 7 heteroatoms. The van der Waals surface area contributed by atoms with Gasteiger partial charge in [-0.15, -0.1) is 0 Å². The van der Waals surface area contributed by atoms with Crippen molar-refractivity contribution < 1.29 is 19.1 Å². The summed E-state index contributed by atoms with van der Waals surface area (Å²) >= 11 is 0. The van der Waals surface area contributed by atoms with Gasteiger partial charge in [-0.05, 0) is 17.9 Å². The molecule has 7 nitrogen and oxygen atoms in total. The van der Waals surface area contributed by atoms with Crippen molar-refractivity contribution in [2.45, 2.75) is 71.6 Å². The molecule has 0 unspecified atom stereocenters. The summed E-state index contributed by atoms with van der Waals surface area (Å²) in [5.41, 5.74) is 6.27. The number of carbonyl (C=O) groups excluding carboxylic acids is 3. The second-order valence-electron chi connectivity index (χ2n) is 7.24. The van der Waals surface area contributed by atoms with Crippen LogP contribution in [0.2, 0.25) is 0 Å². The number of nitrogens with two attached hydrogens (primary N) is 1. The van der Waals surface area contributed by atoms with Crippen LogP contribution in [0.5, 0.6) is 0 Å². The molecule has 0 aliphatic heterocycles. The Labute approximate surface area is 167 Å². The zero-order valence-electron chi connectivity index (χ0n) is 17.1. The van der Waals surface area contributed by atoms with E-state index < -0.39 is 30.0 Å². The van der Waals surface area contributed by atoms with Gasteiger partial charge in [-0.25, -0.2) is 4.79 Å². The van der Waals surface area contributed by atoms with Crippen molar-refractivity contribution in [3.05, 3.63) is 35.9 Å². The number of ether oxygens (including phenoxy) is 1. The highest BCUT2D eigenvalue weighted by Gasteiger charge is 2.28. The minimum atomic E-state index is -0.819. The summed E-state index contributed by atoms with van der Waals surface area (Å²) in [7, 11) is 0. The quantitative estimate of drug-likeness (QED) is 0.476. The number of nitrogens with one attached hydrogen (secondary N) is 2. The summed E-state index contributed by atoms with van der Waals surface area (Å²) in [5.74, 6) is -1.19. The predicted octanol–water partition coefficient (Wildman–Crippen LogP) is 2.88. The average molecular weight is 392 g/mol. The van der Waals surface area contributed by atoms with Gasteiger partial charge in [0.2, 0.25) is 11.8 Å². The third-order valence-corrected chi connectivity index (χ3v) is 4.44. The molecule has 0 heterocycles. The highest BCUT2D eigenvalue weighted by Crippen LogP contribution is 2.08. The molecule has 2 atom stereocenters. The molecule has 1 aromatic carbocycles. The van der Waals surface area contributed by atoms with Gasteiger partial charge in [-0.2, -0.15) is 0 Å². The Morgan fingerprint density at radius 3 is 2.29 bits per heavy atom. The van der Waals surface area contributed by atoms with Crippen molar-refractivity contribution in [2.24, 2.45) is 11.7 Å². The number of rotatable bonds is 12. The zero-order chi connectivity index (χ0) is 20.9. The highest BCUT2D eigenvalue weighted by atomic mass is 16.5.